The number of Topliss-reactive ketones (excluding diaryl/α,β-unsaturated/α-hetero) is 1. The summed E-state index contributed by atoms with van der Waals surface area (Å²) in [6.07, 6.45) is -2.24. The van der Waals surface area contributed by atoms with Crippen LogP contribution in [0, 0.1) is 0 Å². The minimum Gasteiger partial charge on any atom is -0.295 e. The molecular weight excluding hydrogens is 473 g/mol. The summed E-state index contributed by atoms with van der Waals surface area (Å²) in [5.74, 6) is -0.632. The number of ketones is 1. The van der Waals surface area contributed by atoms with Gasteiger partial charge in [0.05, 0.1) is 22.1 Å². The number of nitrogens with zero attached hydrogens (tertiary/aromatic N) is 2. The van der Waals surface area contributed by atoms with E-state index in [9.17, 15) is 26.4 Å². The van der Waals surface area contributed by atoms with Crippen molar-refractivity contribution in [2.45, 2.75) is 52.1 Å². The van der Waals surface area contributed by atoms with E-state index in [-0.39, 0.29) is 39.7 Å². The average molecular weight is 495 g/mol. The molecule has 29 heavy (non-hydrogen) atoms. The largest absolute Gasteiger partial charge is 0.412 e. The molecule has 0 spiro atoms. The van der Waals surface area contributed by atoms with Crippen molar-refractivity contribution in [3.63, 3.8) is 0 Å². The van der Waals surface area contributed by atoms with Crippen LogP contribution >= 0.6 is 15.9 Å². The van der Waals surface area contributed by atoms with E-state index in [0.717, 1.165) is 13.0 Å². The Morgan fingerprint density at radius 1 is 1.24 bits per heavy atom. The highest BCUT2D eigenvalue weighted by Crippen LogP contribution is 2.28. The first-order valence-corrected chi connectivity index (χ1v) is 11.1. The molecule has 0 saturated carbocycles. The molecule has 0 atom stereocenters. The molecule has 160 valence electrons. The molecule has 0 unspecified atom stereocenters. The molecule has 0 fully saturated rings. The summed E-state index contributed by atoms with van der Waals surface area (Å²) in [7, 11) is -3.68. The first kappa shape index (κ1) is 25.2. The summed E-state index contributed by atoms with van der Waals surface area (Å²) in [5.41, 5.74) is -0.890. The van der Waals surface area contributed by atoms with Crippen LogP contribution in [-0.2, 0) is 14.6 Å². The maximum Gasteiger partial charge on any atom is 0.412 e. The lowest BCUT2D eigenvalue weighted by Crippen LogP contribution is -2.14. The molecule has 5 nitrogen and oxygen atoms in total. The third-order valence-corrected chi connectivity index (χ3v) is 6.29. The number of allylic oxidation sites excluding steroid dienone is 3. The molecule has 0 aromatic carbocycles. The summed E-state index contributed by atoms with van der Waals surface area (Å²) in [5, 5.41) is 0. The SMILES string of the molecule is CC\C(=N/C(/C=C(\C)C(F)(F)F)=C(\C)C(C)=O)c1ncc(Br)cc1S(=O)(=O)CC. The summed E-state index contributed by atoms with van der Waals surface area (Å²) in [4.78, 5) is 20.1. The van der Waals surface area contributed by atoms with Gasteiger partial charge in [-0.2, -0.15) is 13.2 Å². The van der Waals surface area contributed by atoms with Crippen molar-refractivity contribution in [2.75, 3.05) is 5.75 Å². The lowest BCUT2D eigenvalue weighted by Gasteiger charge is -2.13. The van der Waals surface area contributed by atoms with Gasteiger partial charge in [0.2, 0.25) is 0 Å². The Balaban J connectivity index is 3.83. The second-order valence-corrected chi connectivity index (χ2v) is 9.37. The normalized spacial score (nSPS) is 14.7. The van der Waals surface area contributed by atoms with Crippen molar-refractivity contribution >= 4 is 37.3 Å². The van der Waals surface area contributed by atoms with Crippen LogP contribution in [0.2, 0.25) is 0 Å². The number of aliphatic imine (C=N–C) groups is 1. The number of sulfone groups is 1. The Kier molecular flexibility index (Phi) is 8.52. The molecule has 0 saturated heterocycles. The van der Waals surface area contributed by atoms with Gasteiger partial charge in [-0.1, -0.05) is 13.8 Å². The zero-order valence-electron chi connectivity index (χ0n) is 16.7. The summed E-state index contributed by atoms with van der Waals surface area (Å²) in [6, 6.07) is 1.38. The van der Waals surface area contributed by atoms with E-state index in [4.69, 9.17) is 0 Å². The fourth-order valence-electron chi connectivity index (χ4n) is 2.17. The number of hydrogen-bond acceptors (Lipinski definition) is 5. The van der Waals surface area contributed by atoms with Crippen molar-refractivity contribution in [3.05, 3.63) is 45.3 Å². The standard InChI is InChI=1S/C19H22BrF3N2O3S/c1-6-15(18-17(29(27,28)7-2)9-14(20)10-24-18)25-16(12(4)13(5)26)8-11(3)19(21,22)23/h8-10H,6-7H2,1-5H3/b11-8+,16-12+,25-15+. The van der Waals surface area contributed by atoms with Crippen LogP contribution < -0.4 is 0 Å². The number of carbonyl (C=O) groups is 1. The lowest BCUT2D eigenvalue weighted by atomic mass is 10.1. The second-order valence-electron chi connectivity index (χ2n) is 6.21. The third-order valence-electron chi connectivity index (χ3n) is 4.11. The van der Waals surface area contributed by atoms with Crippen molar-refractivity contribution in [1.29, 1.82) is 0 Å². The molecule has 1 aromatic heterocycles. The molecule has 0 amide bonds. The highest BCUT2D eigenvalue weighted by atomic mass is 79.9. The monoisotopic (exact) mass is 494 g/mol. The predicted molar refractivity (Wildman–Crippen MR) is 110 cm³/mol. The smallest absolute Gasteiger partial charge is 0.295 e. The molecule has 0 aliphatic rings. The fourth-order valence-corrected chi connectivity index (χ4v) is 3.73. The van der Waals surface area contributed by atoms with Crippen molar-refractivity contribution in [2.24, 2.45) is 4.99 Å². The number of hydrogen-bond donors (Lipinski definition) is 0. The first-order chi connectivity index (χ1) is 13.2. The number of rotatable bonds is 7. The zero-order valence-corrected chi connectivity index (χ0v) is 19.1. The topological polar surface area (TPSA) is 76.5 Å². The molecular formula is C19H22BrF3N2O3S. The molecule has 1 rings (SSSR count). The summed E-state index contributed by atoms with van der Waals surface area (Å²) < 4.78 is 64.4. The van der Waals surface area contributed by atoms with Crippen molar-refractivity contribution < 1.29 is 26.4 Å². The van der Waals surface area contributed by atoms with Gasteiger partial charge in [-0.25, -0.2) is 8.42 Å². The zero-order chi connectivity index (χ0) is 22.6. The minimum atomic E-state index is -4.59. The molecule has 0 bridgehead atoms. The van der Waals surface area contributed by atoms with Gasteiger partial charge >= 0.3 is 6.18 Å². The maximum absolute atomic E-state index is 13.0. The highest BCUT2D eigenvalue weighted by molar-refractivity contribution is 9.10. The van der Waals surface area contributed by atoms with Gasteiger partial charge in [0, 0.05) is 21.8 Å². The second kappa shape index (κ2) is 9.80. The van der Waals surface area contributed by atoms with Gasteiger partial charge in [-0.05, 0) is 55.3 Å². The summed E-state index contributed by atoms with van der Waals surface area (Å²) in [6.45, 7) is 6.61. The van der Waals surface area contributed by atoms with Crippen LogP contribution in [0.3, 0.4) is 0 Å². The van der Waals surface area contributed by atoms with E-state index in [1.165, 1.54) is 33.0 Å². The van der Waals surface area contributed by atoms with E-state index >= 15 is 0 Å². The Morgan fingerprint density at radius 3 is 2.28 bits per heavy atom. The molecule has 0 radical (unpaired) electrons. The van der Waals surface area contributed by atoms with Gasteiger partial charge in [0.25, 0.3) is 0 Å². The van der Waals surface area contributed by atoms with E-state index < -0.39 is 27.4 Å². The predicted octanol–water partition coefficient (Wildman–Crippen LogP) is 5.21. The van der Waals surface area contributed by atoms with E-state index in [0.29, 0.717) is 4.47 Å². The Morgan fingerprint density at radius 2 is 1.83 bits per heavy atom. The highest BCUT2D eigenvalue weighted by Gasteiger charge is 2.30. The van der Waals surface area contributed by atoms with Crippen LogP contribution in [0.1, 0.15) is 46.7 Å². The molecule has 0 aliphatic heterocycles. The lowest BCUT2D eigenvalue weighted by molar-refractivity contribution is -0.113. The van der Waals surface area contributed by atoms with E-state index in [2.05, 4.69) is 25.9 Å². The first-order valence-electron chi connectivity index (χ1n) is 8.68. The van der Waals surface area contributed by atoms with Gasteiger partial charge in [-0.15, -0.1) is 0 Å². The maximum atomic E-state index is 13.0. The molecule has 0 N–H and O–H groups in total. The van der Waals surface area contributed by atoms with Crippen LogP contribution in [0.4, 0.5) is 13.2 Å². The van der Waals surface area contributed by atoms with E-state index in [1.54, 1.807) is 6.92 Å². The number of pyridine rings is 1. The van der Waals surface area contributed by atoms with Gasteiger partial charge < -0.3 is 0 Å². The number of alkyl halides is 3. The van der Waals surface area contributed by atoms with Crippen LogP contribution in [0.25, 0.3) is 0 Å². The molecule has 10 heteroatoms. The van der Waals surface area contributed by atoms with Gasteiger partial charge in [0.15, 0.2) is 15.6 Å². The van der Waals surface area contributed by atoms with Crippen molar-refractivity contribution in [3.8, 4) is 0 Å². The van der Waals surface area contributed by atoms with Crippen LogP contribution in [0.15, 0.2) is 49.5 Å². The number of halogens is 4. The molecule has 1 aromatic rings. The third kappa shape index (κ3) is 6.60. The van der Waals surface area contributed by atoms with Crippen LogP contribution in [-0.4, -0.2) is 36.8 Å². The van der Waals surface area contributed by atoms with E-state index in [1.807, 2.05) is 0 Å². The average Bonchev–Trinajstić information content (AvgIpc) is 2.63. The Hall–Kier alpha value is -1.81. The molecule has 1 heterocycles. The molecule has 0 aliphatic carbocycles. The Bertz CT molecular complexity index is 994. The van der Waals surface area contributed by atoms with Crippen LogP contribution in [0.5, 0.6) is 0 Å². The Labute approximate surface area is 176 Å². The van der Waals surface area contributed by atoms with Crippen molar-refractivity contribution in [1.82, 2.24) is 4.98 Å². The number of carbonyl (C=O) groups excluding carboxylic acids is 1. The quantitative estimate of drug-likeness (QED) is 0.296. The summed E-state index contributed by atoms with van der Waals surface area (Å²) >= 11 is 3.18. The van der Waals surface area contributed by atoms with Gasteiger partial charge in [-0.3, -0.25) is 14.8 Å². The minimum absolute atomic E-state index is 0.0246. The fraction of sp³-hybridized carbons (Fsp3) is 0.421. The number of aromatic nitrogens is 1. The van der Waals surface area contributed by atoms with Gasteiger partial charge in [0.1, 0.15) is 5.69 Å².